The number of hydrogen-bond acceptors (Lipinski definition) is 3. The maximum Gasteiger partial charge on any atom is 0.114 e. The van der Waals surface area contributed by atoms with Crippen LogP contribution in [0.4, 0.5) is 0 Å². The molecule has 3 rings (SSSR count). The van der Waals surface area contributed by atoms with Crippen molar-refractivity contribution in [1.29, 1.82) is 0 Å². The SMILES string of the molecule is CCNC1COCC1c1nc2ccc(Br)cc2[nH]1. The fourth-order valence-electron chi connectivity index (χ4n) is 2.46. The van der Waals surface area contributed by atoms with Crippen molar-refractivity contribution in [2.45, 2.75) is 18.9 Å². The summed E-state index contributed by atoms with van der Waals surface area (Å²) in [7, 11) is 0. The monoisotopic (exact) mass is 309 g/mol. The zero-order valence-electron chi connectivity index (χ0n) is 10.2. The number of imidazole rings is 1. The van der Waals surface area contributed by atoms with Crippen LogP contribution in [0.15, 0.2) is 22.7 Å². The molecular weight excluding hydrogens is 294 g/mol. The molecule has 0 aliphatic carbocycles. The molecule has 2 N–H and O–H groups in total. The first kappa shape index (κ1) is 12.1. The Bertz CT molecular complexity index is 554. The molecule has 4 nitrogen and oxygen atoms in total. The molecule has 96 valence electrons. The van der Waals surface area contributed by atoms with Crippen LogP contribution in [0.1, 0.15) is 18.7 Å². The van der Waals surface area contributed by atoms with Gasteiger partial charge in [-0.05, 0) is 24.7 Å². The maximum absolute atomic E-state index is 5.56. The number of fused-ring (bicyclic) bond motifs is 1. The number of aromatic amines is 1. The van der Waals surface area contributed by atoms with Crippen LogP contribution in [0.5, 0.6) is 0 Å². The van der Waals surface area contributed by atoms with E-state index in [-0.39, 0.29) is 0 Å². The molecule has 2 atom stereocenters. The number of rotatable bonds is 3. The Labute approximate surface area is 114 Å². The molecule has 0 bridgehead atoms. The van der Waals surface area contributed by atoms with Gasteiger partial charge in [-0.25, -0.2) is 4.98 Å². The van der Waals surface area contributed by atoms with E-state index in [2.05, 4.69) is 44.2 Å². The molecule has 0 saturated carbocycles. The summed E-state index contributed by atoms with van der Waals surface area (Å²) in [6, 6.07) is 6.46. The van der Waals surface area contributed by atoms with Crippen LogP contribution in [0, 0.1) is 0 Å². The lowest BCUT2D eigenvalue weighted by atomic mass is 10.0. The molecule has 2 heterocycles. The second kappa shape index (κ2) is 4.99. The molecular formula is C13H16BrN3O. The van der Waals surface area contributed by atoms with E-state index in [0.29, 0.717) is 12.0 Å². The highest BCUT2D eigenvalue weighted by atomic mass is 79.9. The van der Waals surface area contributed by atoms with E-state index in [0.717, 1.165) is 41.1 Å². The molecule has 5 heteroatoms. The van der Waals surface area contributed by atoms with Gasteiger partial charge in [0.1, 0.15) is 5.82 Å². The Kier molecular flexibility index (Phi) is 3.37. The van der Waals surface area contributed by atoms with E-state index >= 15 is 0 Å². The number of benzene rings is 1. The fraction of sp³-hybridized carbons (Fsp3) is 0.462. The number of H-pyrrole nitrogens is 1. The van der Waals surface area contributed by atoms with Gasteiger partial charge in [0.15, 0.2) is 0 Å². The molecule has 2 aromatic rings. The third-order valence-electron chi connectivity index (χ3n) is 3.36. The number of hydrogen-bond donors (Lipinski definition) is 2. The first-order valence-corrected chi connectivity index (χ1v) is 7.03. The summed E-state index contributed by atoms with van der Waals surface area (Å²) in [6.07, 6.45) is 0. The number of likely N-dealkylation sites (N-methyl/N-ethyl adjacent to an activating group) is 1. The van der Waals surface area contributed by atoms with Crippen LogP contribution < -0.4 is 5.32 Å². The topological polar surface area (TPSA) is 49.9 Å². The van der Waals surface area contributed by atoms with Crippen LogP contribution in [-0.4, -0.2) is 35.8 Å². The van der Waals surface area contributed by atoms with Crippen LogP contribution in [0.3, 0.4) is 0 Å². The van der Waals surface area contributed by atoms with Crippen molar-refractivity contribution >= 4 is 27.0 Å². The summed E-state index contributed by atoms with van der Waals surface area (Å²) in [4.78, 5) is 8.08. The van der Waals surface area contributed by atoms with Crippen molar-refractivity contribution < 1.29 is 4.74 Å². The number of halogens is 1. The van der Waals surface area contributed by atoms with E-state index in [9.17, 15) is 0 Å². The van der Waals surface area contributed by atoms with Gasteiger partial charge in [-0.1, -0.05) is 22.9 Å². The number of ether oxygens (including phenoxy) is 1. The van der Waals surface area contributed by atoms with E-state index in [1.807, 2.05) is 12.1 Å². The lowest BCUT2D eigenvalue weighted by Crippen LogP contribution is -2.34. The van der Waals surface area contributed by atoms with E-state index in [1.165, 1.54) is 0 Å². The number of aromatic nitrogens is 2. The van der Waals surface area contributed by atoms with E-state index in [1.54, 1.807) is 0 Å². The second-order valence-corrected chi connectivity index (χ2v) is 5.51. The van der Waals surface area contributed by atoms with Crippen molar-refractivity contribution in [3.05, 3.63) is 28.5 Å². The summed E-state index contributed by atoms with van der Waals surface area (Å²) in [5, 5.41) is 3.45. The molecule has 1 aliphatic heterocycles. The molecule has 2 unspecified atom stereocenters. The lowest BCUT2D eigenvalue weighted by molar-refractivity contribution is 0.187. The van der Waals surface area contributed by atoms with Crippen LogP contribution in [0.25, 0.3) is 11.0 Å². The number of nitrogens with one attached hydrogen (secondary N) is 2. The van der Waals surface area contributed by atoms with E-state index in [4.69, 9.17) is 4.74 Å². The van der Waals surface area contributed by atoms with Gasteiger partial charge in [0.2, 0.25) is 0 Å². The smallest absolute Gasteiger partial charge is 0.114 e. The summed E-state index contributed by atoms with van der Waals surface area (Å²) in [5.41, 5.74) is 2.08. The Balaban J connectivity index is 1.93. The van der Waals surface area contributed by atoms with Crippen molar-refractivity contribution in [2.75, 3.05) is 19.8 Å². The third-order valence-corrected chi connectivity index (χ3v) is 3.85. The predicted octanol–water partition coefficient (Wildman–Crippen LogP) is 2.42. The van der Waals surface area contributed by atoms with E-state index < -0.39 is 0 Å². The first-order chi connectivity index (χ1) is 8.78. The molecule has 1 fully saturated rings. The molecule has 1 aromatic heterocycles. The summed E-state index contributed by atoms with van der Waals surface area (Å²) >= 11 is 3.48. The molecule has 1 saturated heterocycles. The van der Waals surface area contributed by atoms with Gasteiger partial charge in [0, 0.05) is 10.5 Å². The van der Waals surface area contributed by atoms with Crippen molar-refractivity contribution in [1.82, 2.24) is 15.3 Å². The van der Waals surface area contributed by atoms with Gasteiger partial charge in [-0.15, -0.1) is 0 Å². The Hall–Kier alpha value is -0.910. The number of nitrogens with zero attached hydrogens (tertiary/aromatic N) is 1. The lowest BCUT2D eigenvalue weighted by Gasteiger charge is -2.15. The first-order valence-electron chi connectivity index (χ1n) is 6.24. The Morgan fingerprint density at radius 1 is 1.50 bits per heavy atom. The van der Waals surface area contributed by atoms with Gasteiger partial charge in [0.25, 0.3) is 0 Å². The van der Waals surface area contributed by atoms with Crippen LogP contribution in [0.2, 0.25) is 0 Å². The largest absolute Gasteiger partial charge is 0.379 e. The van der Waals surface area contributed by atoms with Gasteiger partial charge in [-0.3, -0.25) is 0 Å². The van der Waals surface area contributed by atoms with Gasteiger partial charge in [-0.2, -0.15) is 0 Å². The molecule has 0 radical (unpaired) electrons. The highest BCUT2D eigenvalue weighted by molar-refractivity contribution is 9.10. The van der Waals surface area contributed by atoms with Crippen molar-refractivity contribution in [3.63, 3.8) is 0 Å². The zero-order chi connectivity index (χ0) is 12.5. The summed E-state index contributed by atoms with van der Waals surface area (Å²) in [6.45, 7) is 4.57. The van der Waals surface area contributed by atoms with Crippen LogP contribution >= 0.6 is 15.9 Å². The van der Waals surface area contributed by atoms with Crippen molar-refractivity contribution in [2.24, 2.45) is 0 Å². The molecule has 1 aromatic carbocycles. The highest BCUT2D eigenvalue weighted by Crippen LogP contribution is 2.26. The van der Waals surface area contributed by atoms with Crippen molar-refractivity contribution in [3.8, 4) is 0 Å². The minimum atomic E-state index is 0.316. The highest BCUT2D eigenvalue weighted by Gasteiger charge is 2.31. The summed E-state index contributed by atoms with van der Waals surface area (Å²) < 4.78 is 6.63. The standard InChI is InChI=1S/C13H16BrN3O/c1-2-15-12-7-18-6-9(12)13-16-10-4-3-8(14)5-11(10)17-13/h3-5,9,12,15H,2,6-7H2,1H3,(H,16,17). The molecule has 0 spiro atoms. The molecule has 0 amide bonds. The third kappa shape index (κ3) is 2.18. The summed E-state index contributed by atoms with van der Waals surface area (Å²) in [5.74, 6) is 1.34. The predicted molar refractivity (Wildman–Crippen MR) is 74.8 cm³/mol. The van der Waals surface area contributed by atoms with Gasteiger partial charge in [0.05, 0.1) is 30.2 Å². The average Bonchev–Trinajstić information content (AvgIpc) is 2.94. The quantitative estimate of drug-likeness (QED) is 0.915. The van der Waals surface area contributed by atoms with Gasteiger partial charge < -0.3 is 15.0 Å². The average molecular weight is 310 g/mol. The second-order valence-electron chi connectivity index (χ2n) is 4.59. The molecule has 18 heavy (non-hydrogen) atoms. The normalized spacial score (nSPS) is 23.9. The maximum atomic E-state index is 5.56. The van der Waals surface area contributed by atoms with Crippen LogP contribution in [-0.2, 0) is 4.74 Å². The Morgan fingerprint density at radius 3 is 3.22 bits per heavy atom. The molecule has 1 aliphatic rings. The minimum absolute atomic E-state index is 0.316. The Morgan fingerprint density at radius 2 is 2.39 bits per heavy atom. The fourth-order valence-corrected chi connectivity index (χ4v) is 2.83. The zero-order valence-corrected chi connectivity index (χ0v) is 11.8. The minimum Gasteiger partial charge on any atom is -0.379 e. The van der Waals surface area contributed by atoms with Gasteiger partial charge >= 0.3 is 0 Å².